The van der Waals surface area contributed by atoms with Crippen molar-refractivity contribution in [3.05, 3.63) is 0 Å². The number of nitrogens with two attached hydrogens (primary N) is 1. The van der Waals surface area contributed by atoms with Crippen LogP contribution in [-0.2, 0) is 19.2 Å². The Morgan fingerprint density at radius 2 is 1.27 bits per heavy atom. The van der Waals surface area contributed by atoms with Gasteiger partial charge in [0.1, 0.15) is 0 Å². The van der Waals surface area contributed by atoms with Gasteiger partial charge in [0.25, 0.3) is 0 Å². The molecular formula is C10H12Mg2N2O8. The predicted octanol–water partition coefficient (Wildman–Crippen LogP) is -7.95. The predicted molar refractivity (Wildman–Crippen MR) is 64.1 cm³/mol. The fourth-order valence-electron chi connectivity index (χ4n) is 1.72. The van der Waals surface area contributed by atoms with Gasteiger partial charge in [0.05, 0.1) is 5.97 Å². The summed E-state index contributed by atoms with van der Waals surface area (Å²) in [6.45, 7) is -0.929. The minimum absolute atomic E-state index is 0. The Morgan fingerprint density at radius 1 is 0.864 bits per heavy atom. The van der Waals surface area contributed by atoms with E-state index in [0.717, 1.165) is 0 Å². The Hall–Kier alpha value is -0.668. The van der Waals surface area contributed by atoms with Crippen LogP contribution in [-0.4, -0.2) is 88.1 Å². The van der Waals surface area contributed by atoms with Gasteiger partial charge in [0.15, 0.2) is 0 Å². The number of carboxylic acid groups (broad SMARTS) is 4. The summed E-state index contributed by atoms with van der Waals surface area (Å²) < 4.78 is 0. The zero-order valence-electron chi connectivity index (χ0n) is 11.7. The van der Waals surface area contributed by atoms with Gasteiger partial charge in [0, 0.05) is 55.3 Å². The maximum Gasteiger partial charge on any atom is 2.00 e. The number of carbonyl (C=O) groups is 4. The van der Waals surface area contributed by atoms with Crippen molar-refractivity contribution in [3.63, 3.8) is 0 Å². The van der Waals surface area contributed by atoms with Gasteiger partial charge in [-0.15, -0.1) is 0 Å². The van der Waals surface area contributed by atoms with Crippen molar-refractivity contribution in [3.8, 4) is 0 Å². The number of hydrogen-bond acceptors (Lipinski definition) is 10. The Kier molecular flexibility index (Phi) is 14.1. The molecule has 114 valence electrons. The molecule has 0 bridgehead atoms. The number of hydrogen-bond donors (Lipinski definition) is 2. The minimum Gasteiger partial charge on any atom is -0.550 e. The van der Waals surface area contributed by atoms with Crippen molar-refractivity contribution in [1.82, 2.24) is 5.32 Å². The van der Waals surface area contributed by atoms with Crippen LogP contribution in [0.5, 0.6) is 0 Å². The standard InChI is InChI=1S/C10H16N2O8.2Mg/c11-5(1-6(13)14)10(2-7(15)16,3-8(17)18)12-4-9(19)20;;/h5,12H,1-4,11H2,(H,13,14)(H,15,16)(H,17,18)(H,19,20);;/q;2*+2/p-4. The molecule has 0 aromatic heterocycles. The van der Waals surface area contributed by atoms with E-state index >= 15 is 0 Å². The Morgan fingerprint density at radius 3 is 1.55 bits per heavy atom. The van der Waals surface area contributed by atoms with E-state index in [1.54, 1.807) is 0 Å². The molecule has 0 fully saturated rings. The molecule has 0 aliphatic rings. The van der Waals surface area contributed by atoms with Crippen LogP contribution in [0.4, 0.5) is 0 Å². The minimum atomic E-state index is -2.07. The summed E-state index contributed by atoms with van der Waals surface area (Å²) >= 11 is 0. The number of rotatable bonds is 10. The van der Waals surface area contributed by atoms with E-state index < -0.39 is 61.3 Å². The average molecular weight is 337 g/mol. The Labute approximate surface area is 157 Å². The van der Waals surface area contributed by atoms with Gasteiger partial charge in [-0.05, 0) is 0 Å². The van der Waals surface area contributed by atoms with Crippen molar-refractivity contribution in [2.24, 2.45) is 5.73 Å². The van der Waals surface area contributed by atoms with Crippen molar-refractivity contribution < 1.29 is 39.6 Å². The van der Waals surface area contributed by atoms with E-state index in [9.17, 15) is 39.6 Å². The van der Waals surface area contributed by atoms with Gasteiger partial charge in [0.2, 0.25) is 0 Å². The third-order valence-electron chi connectivity index (χ3n) is 2.60. The first kappa shape index (κ1) is 26.2. The first-order valence-electron chi connectivity index (χ1n) is 5.39. The molecule has 22 heavy (non-hydrogen) atoms. The van der Waals surface area contributed by atoms with Crippen LogP contribution in [0.3, 0.4) is 0 Å². The van der Waals surface area contributed by atoms with Crippen LogP contribution < -0.4 is 31.5 Å². The smallest absolute Gasteiger partial charge is 0.550 e. The van der Waals surface area contributed by atoms with Gasteiger partial charge < -0.3 is 50.7 Å². The molecule has 0 amide bonds. The molecule has 0 saturated heterocycles. The normalized spacial score (nSPS) is 11.5. The molecule has 0 heterocycles. The van der Waals surface area contributed by atoms with Crippen LogP contribution in [0.1, 0.15) is 19.3 Å². The molecule has 0 aliphatic heterocycles. The number of carbonyl (C=O) groups excluding carboxylic acids is 4. The largest absolute Gasteiger partial charge is 2.00 e. The van der Waals surface area contributed by atoms with Gasteiger partial charge in [-0.25, -0.2) is 0 Å². The van der Waals surface area contributed by atoms with E-state index in [-0.39, 0.29) is 46.1 Å². The third-order valence-corrected chi connectivity index (χ3v) is 2.60. The van der Waals surface area contributed by atoms with Crippen LogP contribution in [0.2, 0.25) is 0 Å². The summed E-state index contributed by atoms with van der Waals surface area (Å²) in [6, 6.07) is -1.55. The summed E-state index contributed by atoms with van der Waals surface area (Å²) in [4.78, 5) is 42.3. The van der Waals surface area contributed by atoms with Crippen LogP contribution in [0, 0.1) is 0 Å². The average Bonchev–Trinajstić information content (AvgIpc) is 2.23. The molecule has 0 saturated carbocycles. The second-order valence-electron chi connectivity index (χ2n) is 4.16. The summed E-state index contributed by atoms with van der Waals surface area (Å²) in [5.41, 5.74) is 3.39. The maximum atomic E-state index is 10.7. The zero-order valence-corrected chi connectivity index (χ0v) is 14.5. The monoisotopic (exact) mass is 336 g/mol. The Balaban J connectivity index is -0.00000180. The molecule has 0 aliphatic carbocycles. The number of carboxylic acids is 4. The quantitative estimate of drug-likeness (QED) is 0.361. The molecule has 0 aromatic carbocycles. The molecular weight excluding hydrogens is 325 g/mol. The van der Waals surface area contributed by atoms with Gasteiger partial charge in [-0.2, -0.15) is 0 Å². The second-order valence-corrected chi connectivity index (χ2v) is 4.16. The molecule has 3 N–H and O–H groups in total. The second kappa shape index (κ2) is 11.8. The van der Waals surface area contributed by atoms with Gasteiger partial charge in [-0.3, -0.25) is 0 Å². The molecule has 1 atom stereocenters. The van der Waals surface area contributed by atoms with Crippen LogP contribution in [0.25, 0.3) is 0 Å². The zero-order chi connectivity index (χ0) is 15.9. The first-order chi connectivity index (χ1) is 9.09. The molecule has 0 rings (SSSR count). The van der Waals surface area contributed by atoms with Crippen molar-refractivity contribution >= 4 is 70.0 Å². The topological polar surface area (TPSA) is 199 Å². The summed E-state index contributed by atoms with van der Waals surface area (Å²) in [5, 5.41) is 44.3. The molecule has 0 radical (unpaired) electrons. The molecule has 1 unspecified atom stereocenters. The number of aliphatic carboxylic acids is 4. The molecule has 10 nitrogen and oxygen atoms in total. The molecule has 0 aromatic rings. The summed E-state index contributed by atoms with van der Waals surface area (Å²) in [6.07, 6.45) is -2.94. The fraction of sp³-hybridized carbons (Fsp3) is 0.600. The third kappa shape index (κ3) is 10.1. The summed E-state index contributed by atoms with van der Waals surface area (Å²) in [5.74, 6) is -6.81. The maximum absolute atomic E-state index is 10.7. The summed E-state index contributed by atoms with van der Waals surface area (Å²) in [7, 11) is 0. The first-order valence-corrected chi connectivity index (χ1v) is 5.39. The number of nitrogens with one attached hydrogen (secondary N) is 1. The molecule has 0 spiro atoms. The van der Waals surface area contributed by atoms with E-state index in [0.29, 0.717) is 0 Å². The van der Waals surface area contributed by atoms with Gasteiger partial charge >= 0.3 is 46.1 Å². The van der Waals surface area contributed by atoms with Crippen molar-refractivity contribution in [2.75, 3.05) is 6.54 Å². The van der Waals surface area contributed by atoms with Crippen molar-refractivity contribution in [2.45, 2.75) is 30.8 Å². The Bertz CT molecular complexity index is 402. The van der Waals surface area contributed by atoms with E-state index in [1.165, 1.54) is 0 Å². The molecule has 12 heteroatoms. The van der Waals surface area contributed by atoms with E-state index in [1.807, 2.05) is 0 Å². The van der Waals surface area contributed by atoms with Crippen molar-refractivity contribution in [1.29, 1.82) is 0 Å². The SMILES string of the molecule is NC(CC(=O)[O-])C(CC(=O)[O-])(CC(=O)[O-])NCC(=O)[O-].[Mg+2].[Mg+2]. The fourth-order valence-corrected chi connectivity index (χ4v) is 1.72. The van der Waals surface area contributed by atoms with Crippen LogP contribution >= 0.6 is 0 Å². The van der Waals surface area contributed by atoms with E-state index in [4.69, 9.17) is 5.73 Å². The van der Waals surface area contributed by atoms with Crippen LogP contribution in [0.15, 0.2) is 0 Å². The van der Waals surface area contributed by atoms with Gasteiger partial charge in [-0.1, -0.05) is 0 Å². The van der Waals surface area contributed by atoms with E-state index in [2.05, 4.69) is 5.32 Å².